The normalized spacial score (nSPS) is 15.0. The van der Waals surface area contributed by atoms with Gasteiger partial charge in [-0.25, -0.2) is 53.3 Å². The summed E-state index contributed by atoms with van der Waals surface area (Å²) in [5.41, 5.74) is 18.1. The first kappa shape index (κ1) is 55.4. The number of nitrogens with one attached hydrogen (secondary N) is 1. The fraction of sp³-hybridized carbons (Fsp3) is 0.360. The number of phosphoric acid groups is 2. The summed E-state index contributed by atoms with van der Waals surface area (Å²) >= 11 is 0. The highest BCUT2D eigenvalue weighted by atomic mass is 31.3. The average Bonchev–Trinajstić information content (AvgIpc) is 3.08. The number of nitrogens with two attached hydrogens (primary N) is 3. The third kappa shape index (κ3) is 25.8. The number of anilines is 4. The lowest BCUT2D eigenvalue weighted by Crippen LogP contribution is -2.03. The van der Waals surface area contributed by atoms with E-state index in [1.807, 2.05) is 0 Å². The van der Waals surface area contributed by atoms with Gasteiger partial charge in [0.05, 0.1) is 26.4 Å². The molecule has 0 fully saturated rings. The van der Waals surface area contributed by atoms with Gasteiger partial charge in [-0.3, -0.25) is 22.7 Å². The van der Waals surface area contributed by atoms with Crippen LogP contribution in [0.3, 0.4) is 0 Å². The molecule has 4 unspecified atom stereocenters. The van der Waals surface area contributed by atoms with Crippen LogP contribution in [0.25, 0.3) is 0 Å². The predicted octanol–water partition coefficient (Wildman–Crippen LogP) is 1.01. The van der Waals surface area contributed by atoms with Crippen molar-refractivity contribution in [2.24, 2.45) is 0 Å². The van der Waals surface area contributed by atoms with E-state index in [4.69, 9.17) is 61.7 Å². The third-order valence-electron chi connectivity index (χ3n) is 6.08. The first-order chi connectivity index (χ1) is 27.8. The first-order valence-corrected chi connectivity index (χ1v) is 24.0. The number of hydrogen-bond acceptors (Lipinski definition) is 22. The summed E-state index contributed by atoms with van der Waals surface area (Å²) < 4.78 is 75.0. The van der Waals surface area contributed by atoms with Crippen LogP contribution < -0.4 is 22.5 Å². The predicted molar refractivity (Wildman–Crippen MR) is 219 cm³/mol. The van der Waals surface area contributed by atoms with E-state index in [1.165, 1.54) is 24.8 Å². The van der Waals surface area contributed by atoms with Gasteiger partial charge in [0.2, 0.25) is 22.7 Å². The second kappa shape index (κ2) is 24.3. The molecule has 0 aliphatic heterocycles. The Morgan fingerprint density at radius 2 is 0.836 bits per heavy atom. The van der Waals surface area contributed by atoms with Crippen molar-refractivity contribution in [3.05, 3.63) is 70.3 Å². The molecule has 4 heterocycles. The molecule has 0 aromatic carbocycles. The summed E-state index contributed by atoms with van der Waals surface area (Å²) in [6.45, 7) is 5.61. The van der Waals surface area contributed by atoms with Gasteiger partial charge in [0.1, 0.15) is 46.6 Å². The van der Waals surface area contributed by atoms with Gasteiger partial charge in [0.15, 0.2) is 0 Å². The number of aryl methyl sites for hydroxylation is 4. The van der Waals surface area contributed by atoms with Crippen molar-refractivity contribution < 1.29 is 74.6 Å². The summed E-state index contributed by atoms with van der Waals surface area (Å²) in [4.78, 5) is 83.0. The van der Waals surface area contributed by atoms with Crippen molar-refractivity contribution in [3.8, 4) is 0 Å². The molecule has 0 saturated heterocycles. The molecule has 0 spiro atoms. The Kier molecular flexibility index (Phi) is 22.1. The molecule has 4 atom stereocenters. The molecular formula is C25H40B3N12O16P5. The van der Waals surface area contributed by atoms with Gasteiger partial charge in [0, 0.05) is 54.1 Å². The van der Waals surface area contributed by atoms with Crippen LogP contribution in [0.5, 0.6) is 0 Å². The van der Waals surface area contributed by atoms with Crippen molar-refractivity contribution in [1.82, 2.24) is 39.9 Å². The molecule has 13 N–H and O–H groups in total. The minimum absolute atomic E-state index is 0.0578. The number of rotatable bonds is 15. The lowest BCUT2D eigenvalue weighted by molar-refractivity contribution is 0.188. The van der Waals surface area contributed by atoms with Crippen molar-refractivity contribution in [2.75, 3.05) is 29.6 Å². The molecule has 28 nitrogen and oxygen atoms in total. The largest absolute Gasteiger partial charge is 0.479 e. The highest BCUT2D eigenvalue weighted by Crippen LogP contribution is 2.57. The zero-order valence-electron chi connectivity index (χ0n) is 32.7. The Bertz CT molecular complexity index is 2250. The van der Waals surface area contributed by atoms with Gasteiger partial charge in [-0.15, -0.1) is 0 Å². The highest BCUT2D eigenvalue weighted by Gasteiger charge is 2.29. The molecule has 61 heavy (non-hydrogen) atoms. The molecule has 4 aromatic rings. The summed E-state index contributed by atoms with van der Waals surface area (Å²) in [7, 11) is -6.03. The van der Waals surface area contributed by atoms with Crippen molar-refractivity contribution >= 4 is 84.0 Å². The molecule has 0 aliphatic rings. The summed E-state index contributed by atoms with van der Waals surface area (Å²) in [5, 5.41) is 2.79. The SMILES string of the molecule is CNc1nc(C)ncc1COP(=O)(O)O.[B]P(=O)(O)OCc1cnc(C)nc1N.[B]P(=O)(O)OCc1cnc(C)nc1N.[B]P(=O)(O)OP(=O)(O)OCc1cnc(C)nc1N. The monoisotopic (exact) mass is 952 g/mol. The maximum absolute atomic E-state index is 11.2. The zero-order valence-corrected chi connectivity index (χ0v) is 37.2. The minimum atomic E-state index is -4.76. The Balaban J connectivity index is 0.000000409. The lowest BCUT2D eigenvalue weighted by atomic mass is 10.3. The van der Waals surface area contributed by atoms with E-state index in [2.05, 4.69) is 75.2 Å². The first-order valence-electron chi connectivity index (χ1n) is 16.0. The number of hydrogen-bond donors (Lipinski definition) is 10. The van der Waals surface area contributed by atoms with E-state index in [1.54, 1.807) is 34.7 Å². The van der Waals surface area contributed by atoms with E-state index in [0.717, 1.165) is 0 Å². The van der Waals surface area contributed by atoms with Crippen LogP contribution >= 0.6 is 38.1 Å². The van der Waals surface area contributed by atoms with Gasteiger partial charge in [-0.1, -0.05) is 0 Å². The van der Waals surface area contributed by atoms with Crippen LogP contribution in [0.15, 0.2) is 24.8 Å². The van der Waals surface area contributed by atoms with E-state index in [-0.39, 0.29) is 42.8 Å². The van der Waals surface area contributed by atoms with Gasteiger partial charge in [0.25, 0.3) is 22.4 Å². The number of nitrogens with zero attached hydrogens (tertiary/aromatic N) is 8. The molecule has 6 radical (unpaired) electrons. The van der Waals surface area contributed by atoms with Crippen LogP contribution in [0, 0.1) is 27.7 Å². The van der Waals surface area contributed by atoms with Gasteiger partial charge in [-0.05, 0) is 27.7 Å². The molecule has 36 heteroatoms. The van der Waals surface area contributed by atoms with Crippen molar-refractivity contribution in [3.63, 3.8) is 0 Å². The second-order valence-electron chi connectivity index (χ2n) is 11.4. The van der Waals surface area contributed by atoms with E-state index < -0.39 is 44.7 Å². The molecular weight excluding hydrogens is 912 g/mol. The standard InChI is InChI=1S/C7H12N3O4P.C6H10BN3O6P2.2C6H9BN3O3P/c1-5-9-3-6(7(8-2)10-5)4-14-15(11,12)13;1-4-9-2-5(6(8)10-4)3-15-18(13,14)16-17(7,11)12;2*1-4-9-2-5(6(8)10-4)3-13-14(7,11)12/h3H,4H2,1-2H3,(H,8,9,10)(H2,11,12,13);2H,3H2,1H3,(H,11,12)(H,13,14)(H2,8,9,10);2*2H,3H2,1H3,(H,11,12)(H2,8,9,10). The Morgan fingerprint density at radius 3 is 1.13 bits per heavy atom. The zero-order chi connectivity index (χ0) is 47.0. The van der Waals surface area contributed by atoms with Crippen molar-refractivity contribution in [1.29, 1.82) is 0 Å². The average molecular weight is 952 g/mol. The van der Waals surface area contributed by atoms with Crippen LogP contribution in [0.4, 0.5) is 23.3 Å². The third-order valence-corrected chi connectivity index (χ3v) is 9.76. The molecule has 4 aromatic heterocycles. The number of phosphoric ester groups is 2. The van der Waals surface area contributed by atoms with Gasteiger partial charge in [-0.2, -0.15) is 0 Å². The van der Waals surface area contributed by atoms with E-state index >= 15 is 0 Å². The maximum atomic E-state index is 11.2. The smallest absolute Gasteiger partial charge is 0.383 e. The van der Waals surface area contributed by atoms with Crippen molar-refractivity contribution in [2.45, 2.75) is 54.1 Å². The van der Waals surface area contributed by atoms with E-state index in [0.29, 0.717) is 45.8 Å². The van der Waals surface area contributed by atoms with Gasteiger partial charge >= 0.3 is 15.6 Å². The number of nitrogen functional groups attached to an aromatic ring is 3. The fourth-order valence-corrected chi connectivity index (χ4v) is 6.12. The molecule has 4 rings (SSSR count). The summed E-state index contributed by atoms with van der Waals surface area (Å²) in [6.07, 6.45) is 5.60. The van der Waals surface area contributed by atoms with Crippen LogP contribution in [-0.2, 0) is 71.7 Å². The number of aromatic nitrogens is 8. The van der Waals surface area contributed by atoms with Crippen LogP contribution in [0.2, 0.25) is 0 Å². The minimum Gasteiger partial charge on any atom is -0.383 e. The molecule has 0 saturated carbocycles. The summed E-state index contributed by atoms with van der Waals surface area (Å²) in [6, 6.07) is 0. The molecule has 0 aliphatic carbocycles. The molecule has 0 amide bonds. The Hall–Kier alpha value is -3.58. The quantitative estimate of drug-likeness (QED) is 0.0587. The Labute approximate surface area is 351 Å². The molecule has 0 bridgehead atoms. The van der Waals surface area contributed by atoms with E-state index in [9.17, 15) is 22.8 Å². The molecule has 330 valence electrons. The fourth-order valence-electron chi connectivity index (χ4n) is 3.49. The van der Waals surface area contributed by atoms with Crippen LogP contribution in [-0.4, -0.2) is 99.0 Å². The second-order valence-corrected chi connectivity index (χ2v) is 18.3. The lowest BCUT2D eigenvalue weighted by Gasteiger charge is -2.14. The summed E-state index contributed by atoms with van der Waals surface area (Å²) in [5.74, 6) is 3.01. The topological polar surface area (TPSA) is 446 Å². The van der Waals surface area contributed by atoms with Gasteiger partial charge < -0.3 is 60.9 Å². The highest BCUT2D eigenvalue weighted by molar-refractivity contribution is 7.82. The Morgan fingerprint density at radius 1 is 0.525 bits per heavy atom. The van der Waals surface area contributed by atoms with Crippen LogP contribution in [0.1, 0.15) is 45.6 Å². The maximum Gasteiger partial charge on any atom is 0.479 e.